The number of rotatable bonds is 5. The Balaban J connectivity index is 0.00000180. The molecule has 19 heavy (non-hydrogen) atoms. The SMILES string of the molecule is Cc1ccccc1OCC(O)CN1CCOCC1.Cl. The maximum Gasteiger partial charge on any atom is 0.122 e. The molecule has 1 aliphatic heterocycles. The minimum Gasteiger partial charge on any atom is -0.491 e. The lowest BCUT2D eigenvalue weighted by atomic mass is 10.2. The van der Waals surface area contributed by atoms with Gasteiger partial charge in [0.25, 0.3) is 0 Å². The molecule has 0 radical (unpaired) electrons. The number of halogens is 1. The zero-order valence-electron chi connectivity index (χ0n) is 11.2. The first-order valence-corrected chi connectivity index (χ1v) is 6.42. The van der Waals surface area contributed by atoms with Crippen molar-refractivity contribution < 1.29 is 14.6 Å². The van der Waals surface area contributed by atoms with Crippen LogP contribution in [0, 0.1) is 6.92 Å². The van der Waals surface area contributed by atoms with Gasteiger partial charge in [-0.3, -0.25) is 4.90 Å². The third-order valence-corrected chi connectivity index (χ3v) is 3.10. The third-order valence-electron chi connectivity index (χ3n) is 3.10. The average Bonchev–Trinajstić information content (AvgIpc) is 2.39. The van der Waals surface area contributed by atoms with Crippen LogP contribution < -0.4 is 4.74 Å². The third kappa shape index (κ3) is 5.37. The molecule has 0 saturated carbocycles. The van der Waals surface area contributed by atoms with Gasteiger partial charge in [0.05, 0.1) is 13.2 Å². The topological polar surface area (TPSA) is 41.9 Å². The number of benzene rings is 1. The Labute approximate surface area is 120 Å². The van der Waals surface area contributed by atoms with E-state index in [4.69, 9.17) is 9.47 Å². The number of ether oxygens (including phenoxy) is 2. The molecule has 5 heteroatoms. The van der Waals surface area contributed by atoms with Gasteiger partial charge in [0.2, 0.25) is 0 Å². The molecule has 1 N–H and O–H groups in total. The highest BCUT2D eigenvalue weighted by atomic mass is 35.5. The number of nitrogens with zero attached hydrogens (tertiary/aromatic N) is 1. The second kappa shape index (κ2) is 8.38. The van der Waals surface area contributed by atoms with Gasteiger partial charge in [0.1, 0.15) is 18.5 Å². The minimum atomic E-state index is -0.456. The van der Waals surface area contributed by atoms with Crippen molar-refractivity contribution in [1.82, 2.24) is 4.90 Å². The van der Waals surface area contributed by atoms with Crippen LogP contribution in [0.2, 0.25) is 0 Å². The van der Waals surface area contributed by atoms with Crippen molar-refractivity contribution in [2.45, 2.75) is 13.0 Å². The second-order valence-corrected chi connectivity index (χ2v) is 4.64. The Morgan fingerprint density at radius 3 is 2.68 bits per heavy atom. The summed E-state index contributed by atoms with van der Waals surface area (Å²) < 4.78 is 10.9. The maximum absolute atomic E-state index is 9.95. The number of aliphatic hydroxyl groups is 1. The van der Waals surface area contributed by atoms with E-state index in [2.05, 4.69) is 4.90 Å². The van der Waals surface area contributed by atoms with Crippen molar-refractivity contribution in [3.8, 4) is 5.75 Å². The van der Waals surface area contributed by atoms with Crippen LogP contribution in [0.5, 0.6) is 5.75 Å². The summed E-state index contributed by atoms with van der Waals surface area (Å²) in [5, 5.41) is 9.95. The van der Waals surface area contributed by atoms with Gasteiger partial charge in [-0.1, -0.05) is 18.2 Å². The van der Waals surface area contributed by atoms with Gasteiger partial charge in [-0.25, -0.2) is 0 Å². The molecule has 1 unspecified atom stereocenters. The van der Waals surface area contributed by atoms with Crippen LogP contribution in [-0.4, -0.2) is 55.6 Å². The van der Waals surface area contributed by atoms with E-state index >= 15 is 0 Å². The highest BCUT2D eigenvalue weighted by Gasteiger charge is 2.15. The van der Waals surface area contributed by atoms with E-state index < -0.39 is 6.10 Å². The van der Waals surface area contributed by atoms with Crippen LogP contribution in [0.3, 0.4) is 0 Å². The molecule has 0 bridgehead atoms. The molecule has 0 aliphatic carbocycles. The molecule has 2 rings (SSSR count). The van der Waals surface area contributed by atoms with Crippen molar-refractivity contribution in [2.24, 2.45) is 0 Å². The molecule has 4 nitrogen and oxygen atoms in total. The number of hydrogen-bond donors (Lipinski definition) is 1. The summed E-state index contributed by atoms with van der Waals surface area (Å²) in [5.41, 5.74) is 1.09. The second-order valence-electron chi connectivity index (χ2n) is 4.64. The molecule has 0 spiro atoms. The van der Waals surface area contributed by atoms with Crippen molar-refractivity contribution in [1.29, 1.82) is 0 Å². The Morgan fingerprint density at radius 2 is 2.00 bits per heavy atom. The molecule has 1 fully saturated rings. The fourth-order valence-electron chi connectivity index (χ4n) is 2.04. The summed E-state index contributed by atoms with van der Waals surface area (Å²) >= 11 is 0. The van der Waals surface area contributed by atoms with E-state index in [0.717, 1.165) is 37.6 Å². The number of para-hydroxylation sites is 1. The van der Waals surface area contributed by atoms with Gasteiger partial charge in [0.15, 0.2) is 0 Å². The predicted molar refractivity (Wildman–Crippen MR) is 77.2 cm³/mol. The molecule has 1 aliphatic rings. The molecular formula is C14H22ClNO3. The largest absolute Gasteiger partial charge is 0.491 e. The summed E-state index contributed by atoms with van der Waals surface area (Å²) in [6.07, 6.45) is -0.456. The molecular weight excluding hydrogens is 266 g/mol. The molecule has 1 aromatic carbocycles. The van der Waals surface area contributed by atoms with Crippen molar-refractivity contribution >= 4 is 12.4 Å². The van der Waals surface area contributed by atoms with E-state index in [9.17, 15) is 5.11 Å². The number of β-amino-alcohol motifs (C(OH)–C–C–N with tert-alkyl or cyclic N) is 1. The number of aliphatic hydroxyl groups excluding tert-OH is 1. The molecule has 1 aromatic rings. The van der Waals surface area contributed by atoms with Crippen molar-refractivity contribution in [3.63, 3.8) is 0 Å². The molecule has 0 amide bonds. The van der Waals surface area contributed by atoms with Gasteiger partial charge < -0.3 is 14.6 Å². The Hall–Kier alpha value is -0.810. The zero-order valence-corrected chi connectivity index (χ0v) is 12.1. The first-order valence-electron chi connectivity index (χ1n) is 6.42. The summed E-state index contributed by atoms with van der Waals surface area (Å²) in [6.45, 7) is 6.28. The van der Waals surface area contributed by atoms with Gasteiger partial charge in [-0.15, -0.1) is 12.4 Å². The standard InChI is InChI=1S/C14H21NO3.ClH/c1-12-4-2-3-5-14(12)18-11-13(16)10-15-6-8-17-9-7-15;/h2-5,13,16H,6-11H2,1H3;1H. The Kier molecular flexibility index (Phi) is 7.16. The van der Waals surface area contributed by atoms with E-state index in [-0.39, 0.29) is 12.4 Å². The summed E-state index contributed by atoms with van der Waals surface area (Å²) in [7, 11) is 0. The average molecular weight is 288 g/mol. The fourth-order valence-corrected chi connectivity index (χ4v) is 2.04. The normalized spacial score (nSPS) is 17.6. The maximum atomic E-state index is 9.95. The molecule has 0 aromatic heterocycles. The van der Waals surface area contributed by atoms with Crippen LogP contribution in [0.4, 0.5) is 0 Å². The highest BCUT2D eigenvalue weighted by molar-refractivity contribution is 5.85. The lowest BCUT2D eigenvalue weighted by Crippen LogP contribution is -2.42. The van der Waals surface area contributed by atoms with E-state index in [1.165, 1.54) is 0 Å². The van der Waals surface area contributed by atoms with E-state index in [0.29, 0.717) is 13.2 Å². The lowest BCUT2D eigenvalue weighted by molar-refractivity contribution is 0.00460. The Morgan fingerprint density at radius 1 is 1.32 bits per heavy atom. The smallest absolute Gasteiger partial charge is 0.122 e. The van der Waals surface area contributed by atoms with Gasteiger partial charge in [-0.2, -0.15) is 0 Å². The van der Waals surface area contributed by atoms with E-state index in [1.807, 2.05) is 31.2 Å². The molecule has 1 saturated heterocycles. The van der Waals surface area contributed by atoms with Crippen molar-refractivity contribution in [3.05, 3.63) is 29.8 Å². The summed E-state index contributed by atoms with van der Waals surface area (Å²) in [5.74, 6) is 0.846. The lowest BCUT2D eigenvalue weighted by Gasteiger charge is -2.28. The van der Waals surface area contributed by atoms with Gasteiger partial charge in [0, 0.05) is 19.6 Å². The highest BCUT2D eigenvalue weighted by Crippen LogP contribution is 2.16. The van der Waals surface area contributed by atoms with E-state index in [1.54, 1.807) is 0 Å². The van der Waals surface area contributed by atoms with Crippen molar-refractivity contribution in [2.75, 3.05) is 39.5 Å². The number of hydrogen-bond acceptors (Lipinski definition) is 4. The number of morpholine rings is 1. The Bertz CT molecular complexity index is 369. The molecule has 1 heterocycles. The van der Waals surface area contributed by atoms with Gasteiger partial charge in [-0.05, 0) is 18.6 Å². The van der Waals surface area contributed by atoms with Crippen LogP contribution in [0.15, 0.2) is 24.3 Å². The van der Waals surface area contributed by atoms with Crippen LogP contribution >= 0.6 is 12.4 Å². The quantitative estimate of drug-likeness (QED) is 0.891. The zero-order chi connectivity index (χ0) is 12.8. The minimum absolute atomic E-state index is 0. The first kappa shape index (κ1) is 16.2. The summed E-state index contributed by atoms with van der Waals surface area (Å²) in [4.78, 5) is 2.20. The van der Waals surface area contributed by atoms with Crippen LogP contribution in [0.25, 0.3) is 0 Å². The van der Waals surface area contributed by atoms with Crippen LogP contribution in [0.1, 0.15) is 5.56 Å². The first-order chi connectivity index (χ1) is 8.75. The van der Waals surface area contributed by atoms with Gasteiger partial charge >= 0.3 is 0 Å². The number of aryl methyl sites for hydroxylation is 1. The molecule has 108 valence electrons. The molecule has 1 atom stereocenters. The predicted octanol–water partition coefficient (Wildman–Crippen LogP) is 1.49. The van der Waals surface area contributed by atoms with Crippen LogP contribution in [-0.2, 0) is 4.74 Å². The summed E-state index contributed by atoms with van der Waals surface area (Å²) in [6, 6.07) is 7.85. The monoisotopic (exact) mass is 287 g/mol. The fraction of sp³-hybridized carbons (Fsp3) is 0.571.